The van der Waals surface area contributed by atoms with Crippen LogP contribution < -0.4 is 9.13 Å². The molecule has 2 fully saturated rings. The van der Waals surface area contributed by atoms with Crippen LogP contribution in [0.3, 0.4) is 0 Å². The van der Waals surface area contributed by atoms with E-state index in [2.05, 4.69) is 170 Å². The second-order valence-electron chi connectivity index (χ2n) is 16.2. The summed E-state index contributed by atoms with van der Waals surface area (Å²) in [6.07, 6.45) is 21.1. The van der Waals surface area contributed by atoms with Gasteiger partial charge >= 0.3 is 0 Å². The van der Waals surface area contributed by atoms with Crippen molar-refractivity contribution >= 4 is 10.9 Å². The SMILES string of the molecule is CCCCc1ccc2c(c1)C1(CC)C(C[n+]3c(C45C=CC6C(C=C4)C6C=C5C)cc(-c4ccccc4)c4ccccc43)C1(CC)[n+]1ccccc1-2. The fraction of sp³-hybridized carbons (Fsp3) is 0.347. The number of rotatable bonds is 9. The molecular weight excluding hydrogens is 617 g/mol. The van der Waals surface area contributed by atoms with Crippen molar-refractivity contribution in [3.05, 3.63) is 156 Å². The fourth-order valence-electron chi connectivity index (χ4n) is 11.7. The monoisotopic (exact) mass is 666 g/mol. The van der Waals surface area contributed by atoms with Crippen molar-refractivity contribution in [3.63, 3.8) is 0 Å². The topological polar surface area (TPSA) is 7.76 Å². The molecule has 254 valence electrons. The van der Waals surface area contributed by atoms with E-state index in [1.807, 2.05) is 0 Å². The minimum absolute atomic E-state index is 0.00851. The smallest absolute Gasteiger partial charge is 0.194 e. The number of hydrogen-bond acceptors (Lipinski definition) is 0. The molecule has 0 amide bonds. The molecular formula is C49H50N2+2. The Kier molecular flexibility index (Phi) is 6.86. The largest absolute Gasteiger partial charge is 0.213 e. The molecule has 3 aromatic carbocycles. The summed E-state index contributed by atoms with van der Waals surface area (Å²) in [4.78, 5) is 0. The van der Waals surface area contributed by atoms with Gasteiger partial charge in [0.15, 0.2) is 18.3 Å². The fourth-order valence-corrected chi connectivity index (χ4v) is 11.7. The lowest BCUT2D eigenvalue weighted by Crippen LogP contribution is -2.55. The Bertz CT molecular complexity index is 2290. The van der Waals surface area contributed by atoms with Gasteiger partial charge in [0, 0.05) is 36.2 Å². The van der Waals surface area contributed by atoms with Gasteiger partial charge in [0.2, 0.25) is 16.9 Å². The first-order chi connectivity index (χ1) is 25.0. The van der Waals surface area contributed by atoms with E-state index in [9.17, 15) is 0 Å². The van der Waals surface area contributed by atoms with Gasteiger partial charge in [-0.3, -0.25) is 0 Å². The lowest BCUT2D eigenvalue weighted by molar-refractivity contribution is -0.748. The Morgan fingerprint density at radius 2 is 1.49 bits per heavy atom. The van der Waals surface area contributed by atoms with Crippen LogP contribution in [0.2, 0.25) is 0 Å². The van der Waals surface area contributed by atoms with Crippen LogP contribution in [0, 0.1) is 23.7 Å². The molecule has 2 saturated carbocycles. The average molecular weight is 667 g/mol. The van der Waals surface area contributed by atoms with Crippen LogP contribution in [0.4, 0.5) is 0 Å². The molecule has 1 aliphatic heterocycles. The van der Waals surface area contributed by atoms with E-state index in [-0.39, 0.29) is 16.4 Å². The van der Waals surface area contributed by atoms with Gasteiger partial charge in [-0.05, 0) is 78.8 Å². The van der Waals surface area contributed by atoms with Gasteiger partial charge in [-0.2, -0.15) is 9.13 Å². The second kappa shape index (κ2) is 11.2. The molecule has 0 N–H and O–H groups in total. The maximum Gasteiger partial charge on any atom is 0.213 e. The van der Waals surface area contributed by atoms with Crippen LogP contribution in [-0.4, -0.2) is 0 Å². The number of fused-ring (bicyclic) bond motifs is 7. The van der Waals surface area contributed by atoms with E-state index in [0.29, 0.717) is 23.7 Å². The van der Waals surface area contributed by atoms with Crippen LogP contribution in [-0.2, 0) is 29.3 Å². The van der Waals surface area contributed by atoms with E-state index in [4.69, 9.17) is 0 Å². The number of aromatic nitrogens is 2. The van der Waals surface area contributed by atoms with E-state index in [1.54, 1.807) is 5.56 Å². The third kappa shape index (κ3) is 4.05. The molecule has 5 atom stereocenters. The summed E-state index contributed by atoms with van der Waals surface area (Å²) in [7, 11) is 0. The second-order valence-corrected chi connectivity index (χ2v) is 16.2. The zero-order valence-electron chi connectivity index (χ0n) is 30.6. The number of benzene rings is 3. The number of nitrogens with zero attached hydrogens (tertiary/aromatic N) is 2. The van der Waals surface area contributed by atoms with E-state index < -0.39 is 0 Å². The first kappa shape index (κ1) is 31.2. The number of para-hydroxylation sites is 1. The molecule has 2 aromatic heterocycles. The normalized spacial score (nSPS) is 30.2. The number of aryl methyl sites for hydroxylation is 1. The van der Waals surface area contributed by atoms with E-state index >= 15 is 0 Å². The third-order valence-electron chi connectivity index (χ3n) is 14.3. The number of allylic oxidation sites excluding steroid dienone is 6. The molecule has 11 rings (SSSR count). The Balaban J connectivity index is 1.24. The lowest BCUT2D eigenvalue weighted by atomic mass is 9.76. The van der Waals surface area contributed by atoms with Crippen molar-refractivity contribution in [1.29, 1.82) is 0 Å². The van der Waals surface area contributed by atoms with Crippen molar-refractivity contribution in [2.24, 2.45) is 23.7 Å². The average Bonchev–Trinajstić information content (AvgIpc) is 4.07. The van der Waals surface area contributed by atoms with Gasteiger partial charge in [-0.25, -0.2) is 0 Å². The van der Waals surface area contributed by atoms with Crippen LogP contribution in [0.25, 0.3) is 33.3 Å². The first-order valence-corrected chi connectivity index (χ1v) is 19.8. The summed E-state index contributed by atoms with van der Waals surface area (Å²) >= 11 is 0. The van der Waals surface area contributed by atoms with Crippen LogP contribution in [0.1, 0.15) is 70.2 Å². The maximum atomic E-state index is 2.79. The van der Waals surface area contributed by atoms with Gasteiger partial charge in [0.25, 0.3) is 0 Å². The summed E-state index contributed by atoms with van der Waals surface area (Å²) in [5, 5.41) is 1.33. The number of pyridine rings is 2. The quantitative estimate of drug-likeness (QED) is 0.109. The highest BCUT2D eigenvalue weighted by atomic mass is 15.2. The summed E-state index contributed by atoms with van der Waals surface area (Å²) < 4.78 is 5.50. The molecule has 5 unspecified atom stereocenters. The molecule has 5 aromatic rings. The van der Waals surface area contributed by atoms with Crippen molar-refractivity contribution in [3.8, 4) is 22.4 Å². The number of unbranched alkanes of at least 4 members (excludes halogenated alkanes) is 1. The zero-order valence-corrected chi connectivity index (χ0v) is 30.6. The van der Waals surface area contributed by atoms with Crippen LogP contribution >= 0.6 is 0 Å². The van der Waals surface area contributed by atoms with Gasteiger partial charge in [0.1, 0.15) is 11.3 Å². The third-order valence-corrected chi connectivity index (χ3v) is 14.3. The predicted octanol–water partition coefficient (Wildman–Crippen LogP) is 10.4. The van der Waals surface area contributed by atoms with Gasteiger partial charge in [-0.1, -0.05) is 118 Å². The molecule has 0 spiro atoms. The molecule has 6 aliphatic rings. The molecule has 5 aliphatic carbocycles. The van der Waals surface area contributed by atoms with Crippen molar-refractivity contribution in [2.75, 3.05) is 0 Å². The van der Waals surface area contributed by atoms with Crippen molar-refractivity contribution in [2.45, 2.75) is 82.7 Å². The first-order valence-electron chi connectivity index (χ1n) is 19.8. The standard InChI is InChI=1S/C49H50N2/c1-5-8-16-34-22-23-39-42(30-34)48(6-2)45(49(48,7-3)51-28-15-14-21-44(39)51)32-50-43-20-13-12-19-38(43)40(35-17-10-9-11-18-35)31-46(50)47-26-24-36-37(25-27-47)41(36)29-33(47)4/h9-15,17-31,36-37,41,45H,5-8,16,32H2,1-4H3/q+2. The highest BCUT2D eigenvalue weighted by molar-refractivity contribution is 5.93. The van der Waals surface area contributed by atoms with Gasteiger partial charge in [-0.15, -0.1) is 0 Å². The number of hydrogen-bond donors (Lipinski definition) is 0. The van der Waals surface area contributed by atoms with E-state index in [0.717, 1.165) is 25.8 Å². The molecule has 0 saturated heterocycles. The molecule has 51 heavy (non-hydrogen) atoms. The summed E-state index contributed by atoms with van der Waals surface area (Å²) in [5.74, 6) is 2.38. The summed E-state index contributed by atoms with van der Waals surface area (Å²) in [6, 6.07) is 37.3. The lowest BCUT2D eigenvalue weighted by Gasteiger charge is -2.28. The predicted molar refractivity (Wildman–Crippen MR) is 208 cm³/mol. The Labute approximate surface area is 303 Å². The Hall–Kier alpha value is -4.56. The maximum absolute atomic E-state index is 2.79. The summed E-state index contributed by atoms with van der Waals surface area (Å²) in [5.41, 5.74) is 12.5. The van der Waals surface area contributed by atoms with Crippen LogP contribution in [0.15, 0.2) is 139 Å². The molecule has 4 bridgehead atoms. The molecule has 2 heteroatoms. The molecule has 0 radical (unpaired) electrons. The van der Waals surface area contributed by atoms with Crippen molar-refractivity contribution in [1.82, 2.24) is 0 Å². The highest BCUT2D eigenvalue weighted by Crippen LogP contribution is 2.72. The molecule has 2 nitrogen and oxygen atoms in total. The van der Waals surface area contributed by atoms with Gasteiger partial charge < -0.3 is 0 Å². The summed E-state index contributed by atoms with van der Waals surface area (Å²) in [6.45, 7) is 10.6. The van der Waals surface area contributed by atoms with Crippen molar-refractivity contribution < 1.29 is 9.13 Å². The van der Waals surface area contributed by atoms with Gasteiger partial charge in [0.05, 0.1) is 16.4 Å². The highest BCUT2D eigenvalue weighted by Gasteiger charge is 2.86. The minimum Gasteiger partial charge on any atom is -0.194 e. The van der Waals surface area contributed by atoms with Crippen LogP contribution in [0.5, 0.6) is 0 Å². The minimum atomic E-state index is -0.277. The Morgan fingerprint density at radius 3 is 2.25 bits per heavy atom. The van der Waals surface area contributed by atoms with E-state index in [1.165, 1.54) is 63.0 Å². The Morgan fingerprint density at radius 1 is 0.725 bits per heavy atom. The molecule has 3 heterocycles. The zero-order chi connectivity index (χ0) is 34.5.